The lowest BCUT2D eigenvalue weighted by Gasteiger charge is -2.24. The average molecular weight is 497 g/mol. The van der Waals surface area contributed by atoms with Gasteiger partial charge in [-0.2, -0.15) is 0 Å². The van der Waals surface area contributed by atoms with E-state index in [9.17, 15) is 27.6 Å². The molecule has 0 bridgehead atoms. The van der Waals surface area contributed by atoms with Crippen molar-refractivity contribution in [2.45, 2.75) is 24.3 Å². The highest BCUT2D eigenvalue weighted by molar-refractivity contribution is 8.00. The van der Waals surface area contributed by atoms with Crippen LogP contribution in [-0.2, 0) is 20.8 Å². The molecule has 2 aromatic carbocycles. The average Bonchev–Trinajstić information content (AvgIpc) is 3.27. The summed E-state index contributed by atoms with van der Waals surface area (Å²) in [6.45, 7) is -0.178. The number of carbonyl (C=O) groups excluding carboxylic acids is 2. The van der Waals surface area contributed by atoms with Gasteiger partial charge in [0.15, 0.2) is 23.6 Å². The van der Waals surface area contributed by atoms with Crippen LogP contribution >= 0.6 is 11.8 Å². The number of benzene rings is 2. The number of carboxylic acids is 1. The molecule has 2 aromatic rings. The fourth-order valence-corrected chi connectivity index (χ4v) is 4.48. The highest BCUT2D eigenvalue weighted by atomic mass is 32.2. The SMILES string of the molecule is NC(CC(=O)N1CCSC1C(=O)Nc1ccc(OCC(=O)O)cc1)Cc1cc(F)c(F)cc1F. The van der Waals surface area contributed by atoms with Crippen LogP contribution < -0.4 is 15.8 Å². The lowest BCUT2D eigenvalue weighted by atomic mass is 10.0. The van der Waals surface area contributed by atoms with E-state index in [0.717, 1.165) is 6.07 Å². The summed E-state index contributed by atoms with van der Waals surface area (Å²) in [6, 6.07) is 6.36. The molecule has 3 rings (SSSR count). The van der Waals surface area contributed by atoms with E-state index in [-0.39, 0.29) is 18.4 Å². The van der Waals surface area contributed by atoms with Gasteiger partial charge in [-0.3, -0.25) is 9.59 Å². The Bertz CT molecular complexity index is 1070. The van der Waals surface area contributed by atoms with Crippen LogP contribution in [0.5, 0.6) is 5.75 Å². The second kappa shape index (κ2) is 11.3. The van der Waals surface area contributed by atoms with Gasteiger partial charge in [-0.25, -0.2) is 18.0 Å². The molecule has 1 fully saturated rings. The Labute approximate surface area is 197 Å². The molecule has 0 aromatic heterocycles. The van der Waals surface area contributed by atoms with Crippen molar-refractivity contribution in [3.05, 3.63) is 59.4 Å². The third-order valence-corrected chi connectivity index (χ3v) is 6.13. The van der Waals surface area contributed by atoms with Crippen molar-refractivity contribution in [1.29, 1.82) is 0 Å². The number of rotatable bonds is 9. The molecule has 2 unspecified atom stereocenters. The highest BCUT2D eigenvalue weighted by Gasteiger charge is 2.35. The highest BCUT2D eigenvalue weighted by Crippen LogP contribution is 2.27. The Balaban J connectivity index is 1.56. The molecule has 1 saturated heterocycles. The molecule has 1 aliphatic heterocycles. The third-order valence-electron chi connectivity index (χ3n) is 4.93. The Morgan fingerprint density at radius 1 is 1.15 bits per heavy atom. The van der Waals surface area contributed by atoms with E-state index < -0.39 is 53.3 Å². The first-order valence-electron chi connectivity index (χ1n) is 10.2. The van der Waals surface area contributed by atoms with Crippen molar-refractivity contribution in [3.63, 3.8) is 0 Å². The molecule has 2 amide bonds. The molecule has 0 radical (unpaired) electrons. The van der Waals surface area contributed by atoms with Crippen LogP contribution in [0.3, 0.4) is 0 Å². The van der Waals surface area contributed by atoms with E-state index in [0.29, 0.717) is 29.8 Å². The number of carboxylic acid groups (broad SMARTS) is 1. The molecule has 8 nitrogen and oxygen atoms in total. The minimum absolute atomic E-state index is 0.139. The van der Waals surface area contributed by atoms with Gasteiger partial charge in [0, 0.05) is 36.5 Å². The molecular weight excluding hydrogens is 475 g/mol. The summed E-state index contributed by atoms with van der Waals surface area (Å²) in [4.78, 5) is 37.4. The topological polar surface area (TPSA) is 122 Å². The second-order valence-corrected chi connectivity index (χ2v) is 8.72. The second-order valence-electron chi connectivity index (χ2n) is 7.53. The Morgan fingerprint density at radius 2 is 1.82 bits per heavy atom. The van der Waals surface area contributed by atoms with Gasteiger partial charge in [0.05, 0.1) is 0 Å². The minimum Gasteiger partial charge on any atom is -0.482 e. The van der Waals surface area contributed by atoms with Crippen LogP contribution in [0.4, 0.5) is 18.9 Å². The van der Waals surface area contributed by atoms with Gasteiger partial charge >= 0.3 is 5.97 Å². The van der Waals surface area contributed by atoms with Gasteiger partial charge in [-0.05, 0) is 42.3 Å². The Hall–Kier alpha value is -3.25. The largest absolute Gasteiger partial charge is 0.482 e. The summed E-state index contributed by atoms with van der Waals surface area (Å²) < 4.78 is 45.4. The van der Waals surface area contributed by atoms with E-state index in [2.05, 4.69) is 5.32 Å². The van der Waals surface area contributed by atoms with Crippen LogP contribution in [0, 0.1) is 17.5 Å². The summed E-state index contributed by atoms with van der Waals surface area (Å²) in [5.41, 5.74) is 6.24. The number of halogens is 3. The lowest BCUT2D eigenvalue weighted by Crippen LogP contribution is -2.44. The first-order valence-corrected chi connectivity index (χ1v) is 11.2. The number of hydrogen-bond acceptors (Lipinski definition) is 6. The van der Waals surface area contributed by atoms with Gasteiger partial charge < -0.3 is 25.8 Å². The number of thioether (sulfide) groups is 1. The third kappa shape index (κ3) is 6.64. The summed E-state index contributed by atoms with van der Waals surface area (Å²) >= 11 is 1.27. The van der Waals surface area contributed by atoms with Crippen molar-refractivity contribution in [2.24, 2.45) is 5.73 Å². The monoisotopic (exact) mass is 497 g/mol. The van der Waals surface area contributed by atoms with Crippen molar-refractivity contribution >= 4 is 35.2 Å². The van der Waals surface area contributed by atoms with Gasteiger partial charge in [-0.1, -0.05) is 0 Å². The van der Waals surface area contributed by atoms with E-state index >= 15 is 0 Å². The molecule has 0 saturated carbocycles. The molecule has 1 heterocycles. The van der Waals surface area contributed by atoms with E-state index in [4.69, 9.17) is 15.6 Å². The van der Waals surface area contributed by atoms with Crippen LogP contribution in [0.1, 0.15) is 12.0 Å². The van der Waals surface area contributed by atoms with Gasteiger partial charge in [0.25, 0.3) is 5.91 Å². The van der Waals surface area contributed by atoms with Crippen molar-refractivity contribution in [1.82, 2.24) is 4.90 Å². The predicted octanol–water partition coefficient (Wildman–Crippen LogP) is 2.37. The first kappa shape index (κ1) is 25.4. The van der Waals surface area contributed by atoms with E-state index in [1.54, 1.807) is 0 Å². The summed E-state index contributed by atoms with van der Waals surface area (Å²) in [5.74, 6) is -4.59. The molecule has 4 N–H and O–H groups in total. The fourth-order valence-electron chi connectivity index (χ4n) is 3.34. The van der Waals surface area contributed by atoms with Crippen LogP contribution in [0.15, 0.2) is 36.4 Å². The molecule has 182 valence electrons. The van der Waals surface area contributed by atoms with Crippen molar-refractivity contribution < 1.29 is 37.4 Å². The maximum atomic E-state index is 13.9. The number of amides is 2. The normalized spacial score (nSPS) is 16.2. The number of aliphatic carboxylic acids is 1. The van der Waals surface area contributed by atoms with Gasteiger partial charge in [-0.15, -0.1) is 11.8 Å². The molecule has 0 aliphatic carbocycles. The molecular formula is C22H22F3N3O5S. The van der Waals surface area contributed by atoms with E-state index in [1.165, 1.54) is 40.9 Å². The number of carbonyl (C=O) groups is 3. The number of ether oxygens (including phenoxy) is 1. The molecule has 12 heteroatoms. The molecule has 34 heavy (non-hydrogen) atoms. The zero-order valence-electron chi connectivity index (χ0n) is 17.8. The number of nitrogens with two attached hydrogens (primary N) is 1. The summed E-state index contributed by atoms with van der Waals surface area (Å²) in [6.07, 6.45) is -0.388. The molecule has 1 aliphatic rings. The zero-order valence-corrected chi connectivity index (χ0v) is 18.6. The van der Waals surface area contributed by atoms with Crippen molar-refractivity contribution in [3.8, 4) is 5.75 Å². The van der Waals surface area contributed by atoms with Gasteiger partial charge in [0.2, 0.25) is 5.91 Å². The molecule has 2 atom stereocenters. The zero-order chi connectivity index (χ0) is 24.8. The Morgan fingerprint density at radius 3 is 2.50 bits per heavy atom. The first-order chi connectivity index (χ1) is 16.1. The number of nitrogens with one attached hydrogen (secondary N) is 1. The molecule has 0 spiro atoms. The smallest absolute Gasteiger partial charge is 0.341 e. The maximum absolute atomic E-state index is 13.9. The summed E-state index contributed by atoms with van der Waals surface area (Å²) in [5, 5.41) is 10.5. The fraction of sp³-hybridized carbons (Fsp3) is 0.318. The lowest BCUT2D eigenvalue weighted by molar-refractivity contribution is -0.139. The predicted molar refractivity (Wildman–Crippen MR) is 119 cm³/mol. The number of anilines is 1. The number of hydrogen-bond donors (Lipinski definition) is 3. The van der Waals surface area contributed by atoms with Crippen LogP contribution in [0.2, 0.25) is 0 Å². The Kier molecular flexibility index (Phi) is 8.40. The van der Waals surface area contributed by atoms with Gasteiger partial charge in [0.1, 0.15) is 11.6 Å². The van der Waals surface area contributed by atoms with Crippen LogP contribution in [-0.4, -0.2) is 58.1 Å². The van der Waals surface area contributed by atoms with Crippen molar-refractivity contribution in [2.75, 3.05) is 24.2 Å². The summed E-state index contributed by atoms with van der Waals surface area (Å²) in [7, 11) is 0. The standard InChI is InChI=1S/C22H22F3N3O5S/c23-16-10-18(25)17(24)8-12(16)7-13(26)9-19(29)28-5-6-34-22(28)21(32)27-14-1-3-15(4-2-14)33-11-20(30)31/h1-4,8,10,13,22H,5-7,9,11,26H2,(H,27,32)(H,30,31). The van der Waals surface area contributed by atoms with E-state index in [1.807, 2.05) is 0 Å². The quantitative estimate of drug-likeness (QED) is 0.455. The maximum Gasteiger partial charge on any atom is 0.341 e. The number of nitrogens with zero attached hydrogens (tertiary/aromatic N) is 1. The van der Waals surface area contributed by atoms with Crippen LogP contribution in [0.25, 0.3) is 0 Å². The minimum atomic E-state index is -1.31.